The molecule has 3 heterocycles. The smallest absolute Gasteiger partial charge is 0.255 e. The van der Waals surface area contributed by atoms with Gasteiger partial charge in [-0.25, -0.2) is 4.39 Å². The fraction of sp³-hybridized carbons (Fsp3) is 0.263. The second kappa shape index (κ2) is 7.03. The van der Waals surface area contributed by atoms with Crippen LogP contribution in [-0.2, 0) is 0 Å². The molecule has 1 atom stereocenters. The predicted molar refractivity (Wildman–Crippen MR) is 95.3 cm³/mol. The third-order valence-electron chi connectivity index (χ3n) is 4.68. The number of H-pyrrole nitrogens is 1. The van der Waals surface area contributed by atoms with Gasteiger partial charge in [-0.1, -0.05) is 12.1 Å². The molecule has 3 aromatic rings. The van der Waals surface area contributed by atoms with E-state index in [4.69, 9.17) is 4.42 Å². The number of rotatable bonds is 5. The molecule has 0 aliphatic carbocycles. The fourth-order valence-electron chi connectivity index (χ4n) is 3.33. The fourth-order valence-corrected chi connectivity index (χ4v) is 3.33. The highest BCUT2D eigenvalue weighted by atomic mass is 19.1. The molecule has 26 heavy (non-hydrogen) atoms. The van der Waals surface area contributed by atoms with E-state index in [2.05, 4.69) is 15.5 Å². The summed E-state index contributed by atoms with van der Waals surface area (Å²) in [6, 6.07) is 10.3. The number of nitrogens with zero attached hydrogens (tertiary/aromatic N) is 2. The maximum absolute atomic E-state index is 13.9. The van der Waals surface area contributed by atoms with Crippen molar-refractivity contribution in [1.82, 2.24) is 15.5 Å². The number of carbonyl (C=O) groups excluding carboxylic acids is 1. The van der Waals surface area contributed by atoms with Gasteiger partial charge in [0.05, 0.1) is 23.7 Å². The maximum Gasteiger partial charge on any atom is 0.255 e. The van der Waals surface area contributed by atoms with Crippen LogP contribution in [0.1, 0.15) is 16.8 Å². The summed E-state index contributed by atoms with van der Waals surface area (Å²) >= 11 is 0. The van der Waals surface area contributed by atoms with Crippen LogP contribution in [0.4, 0.5) is 10.1 Å². The SMILES string of the molecule is O=C(NCC1CCN(c2ccccc2F)C1)c1cn[nH]c1-c1ccco1. The van der Waals surface area contributed by atoms with E-state index in [0.29, 0.717) is 29.2 Å². The van der Waals surface area contributed by atoms with Crippen molar-refractivity contribution in [2.45, 2.75) is 6.42 Å². The summed E-state index contributed by atoms with van der Waals surface area (Å²) in [5.41, 5.74) is 1.63. The third kappa shape index (κ3) is 3.20. The Hall–Kier alpha value is -3.09. The highest BCUT2D eigenvalue weighted by Gasteiger charge is 2.25. The van der Waals surface area contributed by atoms with Crippen molar-refractivity contribution >= 4 is 11.6 Å². The average Bonchev–Trinajstić information content (AvgIpc) is 3.40. The lowest BCUT2D eigenvalue weighted by Gasteiger charge is -2.19. The minimum absolute atomic E-state index is 0.200. The van der Waals surface area contributed by atoms with E-state index in [1.54, 1.807) is 30.5 Å². The topological polar surface area (TPSA) is 74.2 Å². The number of amides is 1. The van der Waals surface area contributed by atoms with Crippen LogP contribution in [0.3, 0.4) is 0 Å². The standard InChI is InChI=1S/C19H19FN4O2/c20-15-4-1-2-5-16(15)24-8-7-13(12-24)10-21-19(25)14-11-22-23-18(14)17-6-3-9-26-17/h1-6,9,11,13H,7-8,10,12H2,(H,21,25)(H,22,23). The van der Waals surface area contributed by atoms with Crippen molar-refractivity contribution in [2.24, 2.45) is 5.92 Å². The largest absolute Gasteiger partial charge is 0.463 e. The van der Waals surface area contributed by atoms with E-state index in [-0.39, 0.29) is 17.6 Å². The van der Waals surface area contributed by atoms with Crippen molar-refractivity contribution < 1.29 is 13.6 Å². The van der Waals surface area contributed by atoms with Crippen molar-refractivity contribution in [3.8, 4) is 11.5 Å². The first-order valence-electron chi connectivity index (χ1n) is 8.57. The van der Waals surface area contributed by atoms with Gasteiger partial charge >= 0.3 is 0 Å². The van der Waals surface area contributed by atoms with Crippen molar-refractivity contribution in [1.29, 1.82) is 0 Å². The van der Waals surface area contributed by atoms with Gasteiger partial charge in [-0.3, -0.25) is 9.89 Å². The normalized spacial score (nSPS) is 16.8. The second-order valence-electron chi connectivity index (χ2n) is 6.40. The van der Waals surface area contributed by atoms with Gasteiger partial charge in [0.15, 0.2) is 5.76 Å². The summed E-state index contributed by atoms with van der Waals surface area (Å²) in [5, 5.41) is 9.70. The van der Waals surface area contributed by atoms with Crippen LogP contribution in [-0.4, -0.2) is 35.7 Å². The van der Waals surface area contributed by atoms with Crippen LogP contribution in [0.15, 0.2) is 53.3 Å². The molecule has 0 bridgehead atoms. The van der Waals surface area contributed by atoms with Gasteiger partial charge < -0.3 is 14.6 Å². The Kier molecular flexibility index (Phi) is 4.43. The molecule has 0 spiro atoms. The summed E-state index contributed by atoms with van der Waals surface area (Å²) in [6.45, 7) is 2.04. The van der Waals surface area contributed by atoms with Crippen molar-refractivity contribution in [3.05, 3.63) is 60.2 Å². The minimum Gasteiger partial charge on any atom is -0.463 e. The minimum atomic E-state index is -0.210. The summed E-state index contributed by atoms with van der Waals surface area (Å²) in [6.07, 6.45) is 3.95. The summed E-state index contributed by atoms with van der Waals surface area (Å²) in [4.78, 5) is 14.5. The molecule has 4 rings (SSSR count). The average molecular weight is 354 g/mol. The molecule has 1 saturated heterocycles. The molecule has 1 aliphatic rings. The Morgan fingerprint density at radius 1 is 1.35 bits per heavy atom. The zero-order valence-corrected chi connectivity index (χ0v) is 14.1. The van der Waals surface area contributed by atoms with E-state index >= 15 is 0 Å². The highest BCUT2D eigenvalue weighted by molar-refractivity contribution is 5.99. The lowest BCUT2D eigenvalue weighted by atomic mass is 10.1. The van der Waals surface area contributed by atoms with Gasteiger partial charge in [0.1, 0.15) is 11.5 Å². The number of para-hydroxylation sites is 1. The lowest BCUT2D eigenvalue weighted by molar-refractivity contribution is 0.0949. The number of aromatic nitrogens is 2. The number of benzene rings is 1. The first-order chi connectivity index (χ1) is 12.7. The van der Waals surface area contributed by atoms with Crippen LogP contribution < -0.4 is 10.2 Å². The zero-order chi connectivity index (χ0) is 17.9. The van der Waals surface area contributed by atoms with Gasteiger partial charge in [0.2, 0.25) is 0 Å². The van der Waals surface area contributed by atoms with Crippen molar-refractivity contribution in [3.63, 3.8) is 0 Å². The number of furan rings is 1. The summed E-state index contributed by atoms with van der Waals surface area (Å²) in [7, 11) is 0. The molecule has 134 valence electrons. The summed E-state index contributed by atoms with van der Waals surface area (Å²) < 4.78 is 19.2. The molecule has 2 aromatic heterocycles. The molecule has 6 nitrogen and oxygen atoms in total. The molecule has 0 saturated carbocycles. The molecular formula is C19H19FN4O2. The lowest BCUT2D eigenvalue weighted by Crippen LogP contribution is -2.31. The zero-order valence-electron chi connectivity index (χ0n) is 14.1. The van der Waals surface area contributed by atoms with E-state index < -0.39 is 0 Å². The Labute approximate surface area is 150 Å². The number of hydrogen-bond acceptors (Lipinski definition) is 4. The van der Waals surface area contributed by atoms with Gasteiger partial charge in [-0.2, -0.15) is 5.10 Å². The van der Waals surface area contributed by atoms with E-state index in [1.165, 1.54) is 12.3 Å². The van der Waals surface area contributed by atoms with Crippen LogP contribution >= 0.6 is 0 Å². The molecule has 1 amide bonds. The van der Waals surface area contributed by atoms with Crippen LogP contribution in [0.5, 0.6) is 0 Å². The van der Waals surface area contributed by atoms with Gasteiger partial charge in [0.25, 0.3) is 5.91 Å². The predicted octanol–water partition coefficient (Wildman–Crippen LogP) is 3.07. The van der Waals surface area contributed by atoms with Crippen LogP contribution in [0.25, 0.3) is 11.5 Å². The number of carbonyl (C=O) groups is 1. The molecule has 2 N–H and O–H groups in total. The number of anilines is 1. The number of nitrogens with one attached hydrogen (secondary N) is 2. The molecule has 7 heteroatoms. The van der Waals surface area contributed by atoms with Gasteiger partial charge in [-0.05, 0) is 36.6 Å². The molecular weight excluding hydrogens is 335 g/mol. The first-order valence-corrected chi connectivity index (χ1v) is 8.57. The maximum atomic E-state index is 13.9. The molecule has 1 aromatic carbocycles. The van der Waals surface area contributed by atoms with E-state index in [0.717, 1.165) is 19.5 Å². The van der Waals surface area contributed by atoms with Crippen LogP contribution in [0.2, 0.25) is 0 Å². The number of hydrogen-bond donors (Lipinski definition) is 2. The molecule has 0 radical (unpaired) electrons. The van der Waals surface area contributed by atoms with Gasteiger partial charge in [0, 0.05) is 19.6 Å². The molecule has 1 aliphatic heterocycles. The second-order valence-corrected chi connectivity index (χ2v) is 6.40. The van der Waals surface area contributed by atoms with Gasteiger partial charge in [-0.15, -0.1) is 0 Å². The molecule has 1 fully saturated rings. The van der Waals surface area contributed by atoms with Crippen molar-refractivity contribution in [2.75, 3.05) is 24.5 Å². The van der Waals surface area contributed by atoms with Crippen LogP contribution in [0, 0.1) is 11.7 Å². The molecule has 1 unspecified atom stereocenters. The first kappa shape index (κ1) is 16.4. The Balaban J connectivity index is 1.36. The number of aromatic amines is 1. The van der Waals surface area contributed by atoms with E-state index in [1.807, 2.05) is 11.0 Å². The Morgan fingerprint density at radius 3 is 3.04 bits per heavy atom. The Morgan fingerprint density at radius 2 is 2.23 bits per heavy atom. The number of halogens is 1. The third-order valence-corrected chi connectivity index (χ3v) is 4.68. The quantitative estimate of drug-likeness (QED) is 0.738. The highest BCUT2D eigenvalue weighted by Crippen LogP contribution is 2.26. The Bertz CT molecular complexity index is 891. The summed E-state index contributed by atoms with van der Waals surface area (Å²) in [5.74, 6) is 0.435. The van der Waals surface area contributed by atoms with E-state index in [9.17, 15) is 9.18 Å². The monoisotopic (exact) mass is 354 g/mol.